The smallest absolute Gasteiger partial charge is 0.219 e. The zero-order valence-electron chi connectivity index (χ0n) is 15.6. The van der Waals surface area contributed by atoms with E-state index in [2.05, 4.69) is 15.7 Å². The SMILES string of the molecule is CN/C=C(\C=N)c1cc(Nc2nn(C)c3c2CN(C(C)=O)CC3)ccc1F. The number of rotatable bonds is 5. The zero-order chi connectivity index (χ0) is 19.6. The van der Waals surface area contributed by atoms with Gasteiger partial charge in [-0.15, -0.1) is 0 Å². The maximum Gasteiger partial charge on any atom is 0.219 e. The summed E-state index contributed by atoms with van der Waals surface area (Å²) in [4.78, 5) is 13.5. The van der Waals surface area contributed by atoms with Crippen molar-refractivity contribution < 1.29 is 9.18 Å². The Bertz CT molecular complexity index is 917. The Morgan fingerprint density at radius 2 is 2.19 bits per heavy atom. The molecule has 0 saturated heterocycles. The highest BCUT2D eigenvalue weighted by atomic mass is 19.1. The fourth-order valence-corrected chi connectivity index (χ4v) is 3.28. The Morgan fingerprint density at radius 3 is 2.85 bits per heavy atom. The summed E-state index contributed by atoms with van der Waals surface area (Å²) in [6, 6.07) is 4.64. The normalized spacial score (nSPS) is 13.9. The standard InChI is InChI=1S/C19H23FN6O/c1-12(27)26-7-6-18-16(11-26)19(24-25(18)3)23-14-4-5-17(20)15(8-14)13(9-21)10-22-2/h4-5,8-10,21-22H,6-7,11H2,1-3H3,(H,23,24)/b13-10+,21-9?. The highest BCUT2D eigenvalue weighted by molar-refractivity contribution is 6.08. The van der Waals surface area contributed by atoms with Gasteiger partial charge in [-0.05, 0) is 18.2 Å². The second-order valence-electron chi connectivity index (χ2n) is 6.44. The van der Waals surface area contributed by atoms with Crippen molar-refractivity contribution in [2.45, 2.75) is 19.9 Å². The molecule has 2 heterocycles. The first kappa shape index (κ1) is 18.6. The van der Waals surface area contributed by atoms with Crippen LogP contribution in [0.2, 0.25) is 0 Å². The average molecular weight is 370 g/mol. The number of amides is 1. The van der Waals surface area contributed by atoms with Gasteiger partial charge in [-0.25, -0.2) is 4.39 Å². The number of fused-ring (bicyclic) bond motifs is 1. The number of aromatic nitrogens is 2. The molecule has 0 fully saturated rings. The Balaban J connectivity index is 1.94. The molecule has 3 rings (SSSR count). The predicted octanol–water partition coefficient (Wildman–Crippen LogP) is 2.42. The fraction of sp³-hybridized carbons (Fsp3) is 0.316. The molecule has 7 nitrogen and oxygen atoms in total. The average Bonchev–Trinajstić information content (AvgIpc) is 2.96. The minimum atomic E-state index is -0.406. The van der Waals surface area contributed by atoms with E-state index >= 15 is 0 Å². The van der Waals surface area contributed by atoms with Crippen molar-refractivity contribution in [3.8, 4) is 0 Å². The summed E-state index contributed by atoms with van der Waals surface area (Å²) in [5.74, 6) is 0.286. The first-order chi connectivity index (χ1) is 12.9. The summed E-state index contributed by atoms with van der Waals surface area (Å²) in [5.41, 5.74) is 3.48. The number of carbonyl (C=O) groups excluding carboxylic acids is 1. The van der Waals surface area contributed by atoms with Crippen molar-refractivity contribution in [3.05, 3.63) is 47.0 Å². The molecule has 0 spiro atoms. The third-order valence-corrected chi connectivity index (χ3v) is 4.68. The van der Waals surface area contributed by atoms with Crippen LogP contribution in [-0.4, -0.2) is 40.4 Å². The number of hydrogen-bond donors (Lipinski definition) is 3. The number of halogens is 1. The maximum absolute atomic E-state index is 14.2. The molecule has 0 atom stereocenters. The van der Waals surface area contributed by atoms with Gasteiger partial charge in [0.25, 0.3) is 0 Å². The van der Waals surface area contributed by atoms with Crippen molar-refractivity contribution in [1.82, 2.24) is 20.0 Å². The largest absolute Gasteiger partial charge is 0.393 e. The Hall–Kier alpha value is -3.16. The van der Waals surface area contributed by atoms with Crippen LogP contribution < -0.4 is 10.6 Å². The number of aryl methyl sites for hydroxylation is 1. The summed E-state index contributed by atoms with van der Waals surface area (Å²) >= 11 is 0. The van der Waals surface area contributed by atoms with Crippen LogP contribution in [0.25, 0.3) is 5.57 Å². The third-order valence-electron chi connectivity index (χ3n) is 4.68. The second kappa shape index (κ2) is 7.61. The lowest BCUT2D eigenvalue weighted by molar-refractivity contribution is -0.129. The molecule has 2 aromatic rings. The molecule has 8 heteroatoms. The Kier molecular flexibility index (Phi) is 5.25. The van der Waals surface area contributed by atoms with E-state index in [1.165, 1.54) is 6.07 Å². The quantitative estimate of drug-likeness (QED) is 0.706. The van der Waals surface area contributed by atoms with E-state index in [1.54, 1.807) is 37.2 Å². The first-order valence-corrected chi connectivity index (χ1v) is 8.69. The van der Waals surface area contributed by atoms with E-state index in [0.717, 1.165) is 23.9 Å². The van der Waals surface area contributed by atoms with Gasteiger partial charge >= 0.3 is 0 Å². The van der Waals surface area contributed by atoms with E-state index in [9.17, 15) is 9.18 Å². The maximum atomic E-state index is 14.2. The number of anilines is 2. The predicted molar refractivity (Wildman–Crippen MR) is 104 cm³/mol. The van der Waals surface area contributed by atoms with Gasteiger partial charge in [0.2, 0.25) is 5.91 Å². The molecular formula is C19H23FN6O. The number of nitrogens with one attached hydrogen (secondary N) is 3. The van der Waals surface area contributed by atoms with Gasteiger partial charge in [0, 0.05) is 74.5 Å². The van der Waals surface area contributed by atoms with E-state index in [0.29, 0.717) is 35.7 Å². The molecular weight excluding hydrogens is 347 g/mol. The summed E-state index contributed by atoms with van der Waals surface area (Å²) in [5, 5.41) is 18.1. The molecule has 0 bridgehead atoms. The zero-order valence-corrected chi connectivity index (χ0v) is 15.6. The van der Waals surface area contributed by atoms with Crippen LogP contribution in [0.3, 0.4) is 0 Å². The minimum Gasteiger partial charge on any atom is -0.393 e. The topological polar surface area (TPSA) is 86.0 Å². The van der Waals surface area contributed by atoms with E-state index < -0.39 is 5.82 Å². The molecule has 0 unspecified atom stereocenters. The van der Waals surface area contributed by atoms with Crippen LogP contribution in [0.4, 0.5) is 15.9 Å². The third kappa shape index (κ3) is 3.69. The first-order valence-electron chi connectivity index (χ1n) is 8.69. The molecule has 27 heavy (non-hydrogen) atoms. The number of benzene rings is 1. The van der Waals surface area contributed by atoms with Crippen molar-refractivity contribution in [2.75, 3.05) is 18.9 Å². The summed E-state index contributed by atoms with van der Waals surface area (Å²) < 4.78 is 16.0. The lowest BCUT2D eigenvalue weighted by atomic mass is 10.1. The molecule has 3 N–H and O–H groups in total. The van der Waals surface area contributed by atoms with Crippen molar-refractivity contribution in [2.24, 2.45) is 7.05 Å². The fourth-order valence-electron chi connectivity index (χ4n) is 3.28. The van der Waals surface area contributed by atoms with Gasteiger partial charge in [0.1, 0.15) is 5.82 Å². The van der Waals surface area contributed by atoms with Crippen LogP contribution >= 0.6 is 0 Å². The number of allylic oxidation sites excluding steroid dienone is 1. The molecule has 1 aromatic carbocycles. The van der Waals surface area contributed by atoms with Gasteiger partial charge in [-0.2, -0.15) is 5.10 Å². The summed E-state index contributed by atoms with van der Waals surface area (Å²) in [6.07, 6.45) is 3.42. The Labute approximate surface area is 157 Å². The van der Waals surface area contributed by atoms with Crippen molar-refractivity contribution in [1.29, 1.82) is 5.41 Å². The molecule has 142 valence electrons. The molecule has 1 aliphatic heterocycles. The van der Waals surface area contributed by atoms with Gasteiger partial charge in [-0.1, -0.05) is 0 Å². The van der Waals surface area contributed by atoms with Crippen LogP contribution in [0.1, 0.15) is 23.7 Å². The van der Waals surface area contributed by atoms with E-state index in [1.807, 2.05) is 11.7 Å². The van der Waals surface area contributed by atoms with Gasteiger partial charge in [-0.3, -0.25) is 9.48 Å². The van der Waals surface area contributed by atoms with Gasteiger partial charge in [0.05, 0.1) is 6.54 Å². The molecule has 0 aliphatic carbocycles. The van der Waals surface area contributed by atoms with Crippen molar-refractivity contribution >= 4 is 29.2 Å². The van der Waals surface area contributed by atoms with E-state index in [4.69, 9.17) is 5.41 Å². The van der Waals surface area contributed by atoms with Crippen LogP contribution in [0.15, 0.2) is 24.4 Å². The van der Waals surface area contributed by atoms with Gasteiger partial charge in [0.15, 0.2) is 5.82 Å². The van der Waals surface area contributed by atoms with E-state index in [-0.39, 0.29) is 5.91 Å². The molecule has 1 aliphatic rings. The molecule has 1 aromatic heterocycles. The minimum absolute atomic E-state index is 0.0346. The van der Waals surface area contributed by atoms with Gasteiger partial charge < -0.3 is 20.9 Å². The summed E-state index contributed by atoms with van der Waals surface area (Å²) in [6.45, 7) is 2.74. The van der Waals surface area contributed by atoms with Crippen LogP contribution in [-0.2, 0) is 24.8 Å². The molecule has 1 amide bonds. The number of carbonyl (C=O) groups is 1. The highest BCUT2D eigenvalue weighted by Gasteiger charge is 2.25. The molecule has 0 saturated carbocycles. The van der Waals surface area contributed by atoms with Crippen LogP contribution in [0, 0.1) is 11.2 Å². The lowest BCUT2D eigenvalue weighted by Gasteiger charge is -2.26. The number of hydrogen-bond acceptors (Lipinski definition) is 5. The van der Waals surface area contributed by atoms with Crippen molar-refractivity contribution in [3.63, 3.8) is 0 Å². The van der Waals surface area contributed by atoms with Crippen LogP contribution in [0.5, 0.6) is 0 Å². The Morgan fingerprint density at radius 1 is 1.41 bits per heavy atom. The monoisotopic (exact) mass is 370 g/mol. The highest BCUT2D eigenvalue weighted by Crippen LogP contribution is 2.29. The lowest BCUT2D eigenvalue weighted by Crippen LogP contribution is -2.34. The number of nitrogens with zero attached hydrogens (tertiary/aromatic N) is 3. The second-order valence-corrected chi connectivity index (χ2v) is 6.44. The molecule has 0 radical (unpaired) electrons. The summed E-state index contributed by atoms with van der Waals surface area (Å²) in [7, 11) is 3.58.